The van der Waals surface area contributed by atoms with Gasteiger partial charge in [-0.05, 0) is 41.0 Å². The number of likely N-dealkylation sites (N-methyl/N-ethyl adjacent to an activating group) is 1. The molecule has 6 nitrogen and oxygen atoms in total. The number of fused-ring (bicyclic) bond motifs is 3. The van der Waals surface area contributed by atoms with Gasteiger partial charge in [0.2, 0.25) is 0 Å². The molecule has 1 saturated carbocycles. The van der Waals surface area contributed by atoms with Crippen LogP contribution in [0.4, 0.5) is 5.69 Å². The number of aryl methyl sites for hydroxylation is 1. The Kier molecular flexibility index (Phi) is 5.85. The molecule has 0 bridgehead atoms. The van der Waals surface area contributed by atoms with E-state index in [0.29, 0.717) is 12.0 Å². The average molecular weight is 510 g/mol. The van der Waals surface area contributed by atoms with Crippen LogP contribution in [0.2, 0.25) is 0 Å². The van der Waals surface area contributed by atoms with Crippen LogP contribution in [-0.4, -0.2) is 39.2 Å². The molecule has 4 aromatic rings. The van der Waals surface area contributed by atoms with Crippen LogP contribution in [0.15, 0.2) is 83.3 Å². The average Bonchev–Trinajstić information content (AvgIpc) is 3.33. The van der Waals surface area contributed by atoms with E-state index >= 15 is 0 Å². The highest BCUT2D eigenvalue weighted by atomic mass is 16.3. The van der Waals surface area contributed by atoms with Crippen LogP contribution in [0.5, 0.6) is 0 Å². The first-order chi connectivity index (χ1) is 18.3. The molecule has 196 valence electrons. The summed E-state index contributed by atoms with van der Waals surface area (Å²) in [6, 6.07) is 22.1. The number of aliphatic hydroxyl groups is 2. The van der Waals surface area contributed by atoms with E-state index < -0.39 is 24.0 Å². The van der Waals surface area contributed by atoms with Crippen molar-refractivity contribution in [2.45, 2.75) is 57.2 Å². The molecule has 3 aromatic carbocycles. The molecule has 0 radical (unpaired) electrons. The topological polar surface area (TPSA) is 81.5 Å². The van der Waals surface area contributed by atoms with Crippen molar-refractivity contribution in [1.29, 1.82) is 0 Å². The van der Waals surface area contributed by atoms with E-state index in [0.717, 1.165) is 29.2 Å². The van der Waals surface area contributed by atoms with Crippen LogP contribution in [0.1, 0.15) is 49.9 Å². The molecule has 1 aliphatic carbocycles. The molecule has 1 fully saturated rings. The Labute approximate surface area is 222 Å². The van der Waals surface area contributed by atoms with Gasteiger partial charge in [-0.25, -0.2) is 4.68 Å². The molecule has 1 aromatic heterocycles. The van der Waals surface area contributed by atoms with E-state index in [1.54, 1.807) is 0 Å². The first-order valence-electron chi connectivity index (χ1n) is 13.5. The molecule has 3 N–H and O–H groups in total. The van der Waals surface area contributed by atoms with Crippen LogP contribution in [0.25, 0.3) is 16.5 Å². The lowest BCUT2D eigenvalue weighted by atomic mass is 9.64. The van der Waals surface area contributed by atoms with Gasteiger partial charge in [0.1, 0.15) is 0 Å². The lowest BCUT2D eigenvalue weighted by Crippen LogP contribution is -2.54. The molecular formula is C32H35N3O3. The van der Waals surface area contributed by atoms with Gasteiger partial charge in [0.05, 0.1) is 17.9 Å². The minimum absolute atomic E-state index is 0.203. The molecule has 2 atom stereocenters. The van der Waals surface area contributed by atoms with Crippen LogP contribution >= 0.6 is 0 Å². The maximum absolute atomic E-state index is 13.6. The summed E-state index contributed by atoms with van der Waals surface area (Å²) >= 11 is 0. The number of aromatic amines is 1. The molecule has 0 spiro atoms. The molecular weight excluding hydrogens is 474 g/mol. The van der Waals surface area contributed by atoms with Gasteiger partial charge >= 0.3 is 0 Å². The third-order valence-corrected chi connectivity index (χ3v) is 8.62. The Bertz CT molecular complexity index is 1590. The Balaban J connectivity index is 1.37. The molecule has 2 aliphatic rings. The minimum atomic E-state index is -0.856. The smallest absolute Gasteiger partial charge is 0.275 e. The zero-order chi connectivity index (χ0) is 26.8. The fourth-order valence-electron chi connectivity index (χ4n) is 6.69. The third-order valence-electron chi connectivity index (χ3n) is 8.62. The summed E-state index contributed by atoms with van der Waals surface area (Å²) in [7, 11) is 2.05. The summed E-state index contributed by atoms with van der Waals surface area (Å²) in [6.45, 7) is 6.46. The fraction of sp³-hybridized carbons (Fsp3) is 0.344. The van der Waals surface area contributed by atoms with E-state index in [4.69, 9.17) is 0 Å². The number of para-hydroxylation sites is 1. The van der Waals surface area contributed by atoms with E-state index in [1.807, 2.05) is 43.5 Å². The first-order valence-corrected chi connectivity index (χ1v) is 13.5. The lowest BCUT2D eigenvalue weighted by Gasteiger charge is -2.45. The highest BCUT2D eigenvalue weighted by Crippen LogP contribution is 2.52. The summed E-state index contributed by atoms with van der Waals surface area (Å²) in [4.78, 5) is 15.7. The van der Waals surface area contributed by atoms with Gasteiger partial charge in [-0.1, -0.05) is 81.8 Å². The fourth-order valence-corrected chi connectivity index (χ4v) is 6.69. The van der Waals surface area contributed by atoms with Crippen LogP contribution in [0, 0.1) is 5.92 Å². The highest BCUT2D eigenvalue weighted by Gasteiger charge is 2.52. The van der Waals surface area contributed by atoms with Crippen molar-refractivity contribution in [3.63, 3.8) is 0 Å². The standard InChI is InChI=1S/C32H35N3O3/c1-5-11-23-26(31(38)35(33-23)20-13-7-6-8-14-20)27-29(36)22(30(27)37)18-25-32(2,3)28-21-15-10-9-12-19(21)16-17-24(28)34(25)4/h6-10,12-18,22,27,29-30,33,36-37H,5,11H2,1-4H3. The van der Waals surface area contributed by atoms with E-state index in [1.165, 1.54) is 21.0 Å². The molecule has 1 aliphatic heterocycles. The number of allylic oxidation sites excluding steroid dienone is 1. The maximum Gasteiger partial charge on any atom is 0.275 e. The number of hydrogen-bond acceptors (Lipinski definition) is 4. The zero-order valence-corrected chi connectivity index (χ0v) is 22.3. The number of anilines is 1. The number of rotatable bonds is 5. The predicted octanol–water partition coefficient (Wildman–Crippen LogP) is 5.02. The molecule has 0 amide bonds. The second-order valence-electron chi connectivity index (χ2n) is 11.2. The monoisotopic (exact) mass is 509 g/mol. The van der Waals surface area contributed by atoms with Crippen molar-refractivity contribution >= 4 is 16.5 Å². The second-order valence-corrected chi connectivity index (χ2v) is 11.2. The van der Waals surface area contributed by atoms with Gasteiger partial charge in [0.15, 0.2) is 0 Å². The molecule has 2 heterocycles. The number of aromatic nitrogens is 2. The number of nitrogens with one attached hydrogen (secondary N) is 1. The van der Waals surface area contributed by atoms with E-state index in [2.05, 4.69) is 67.2 Å². The predicted molar refractivity (Wildman–Crippen MR) is 152 cm³/mol. The van der Waals surface area contributed by atoms with Gasteiger partial charge in [-0.2, -0.15) is 0 Å². The highest BCUT2D eigenvalue weighted by molar-refractivity contribution is 5.94. The number of nitrogens with zero attached hydrogens (tertiary/aromatic N) is 2. The van der Waals surface area contributed by atoms with Gasteiger partial charge < -0.3 is 15.1 Å². The Morgan fingerprint density at radius 2 is 1.66 bits per heavy atom. The van der Waals surface area contributed by atoms with E-state index in [-0.39, 0.29) is 11.0 Å². The molecule has 38 heavy (non-hydrogen) atoms. The summed E-state index contributed by atoms with van der Waals surface area (Å²) in [5.41, 5.74) is 4.96. The SMILES string of the molecule is CCCc1[nH]n(-c2ccccc2)c(=O)c1C1C(O)C(C=C2N(C)c3ccc4ccccc4c3C2(C)C)C1O. The van der Waals surface area contributed by atoms with Gasteiger partial charge in [0, 0.05) is 46.9 Å². The molecule has 2 unspecified atom stereocenters. The molecule has 6 rings (SSSR count). The Morgan fingerprint density at radius 3 is 2.37 bits per heavy atom. The van der Waals surface area contributed by atoms with Crippen molar-refractivity contribution in [2.24, 2.45) is 5.92 Å². The van der Waals surface area contributed by atoms with Gasteiger partial charge in [-0.3, -0.25) is 9.89 Å². The molecule has 0 saturated heterocycles. The number of hydrogen-bond donors (Lipinski definition) is 3. The first kappa shape index (κ1) is 24.7. The quantitative estimate of drug-likeness (QED) is 0.353. The van der Waals surface area contributed by atoms with Crippen molar-refractivity contribution in [1.82, 2.24) is 9.78 Å². The third kappa shape index (κ3) is 3.51. The van der Waals surface area contributed by atoms with Crippen LogP contribution in [-0.2, 0) is 11.8 Å². The van der Waals surface area contributed by atoms with E-state index in [9.17, 15) is 15.0 Å². The van der Waals surface area contributed by atoms with Gasteiger partial charge in [0.25, 0.3) is 5.56 Å². The summed E-state index contributed by atoms with van der Waals surface area (Å²) in [5.74, 6) is -1.10. The summed E-state index contributed by atoms with van der Waals surface area (Å²) in [5, 5.41) is 28.5. The largest absolute Gasteiger partial charge is 0.392 e. The van der Waals surface area contributed by atoms with Crippen molar-refractivity contribution in [3.8, 4) is 5.69 Å². The van der Waals surface area contributed by atoms with Crippen molar-refractivity contribution in [2.75, 3.05) is 11.9 Å². The lowest BCUT2D eigenvalue weighted by molar-refractivity contribution is -0.0953. The maximum atomic E-state index is 13.6. The second kappa shape index (κ2) is 9.00. The number of aliphatic hydroxyl groups excluding tert-OH is 2. The number of H-pyrrole nitrogens is 1. The summed E-state index contributed by atoms with van der Waals surface area (Å²) < 4.78 is 1.53. The van der Waals surface area contributed by atoms with Crippen molar-refractivity contribution in [3.05, 3.63) is 106 Å². The van der Waals surface area contributed by atoms with Crippen molar-refractivity contribution < 1.29 is 10.2 Å². The van der Waals surface area contributed by atoms with Crippen LogP contribution < -0.4 is 10.5 Å². The minimum Gasteiger partial charge on any atom is -0.392 e. The van der Waals surface area contributed by atoms with Crippen LogP contribution in [0.3, 0.4) is 0 Å². The molecule has 6 heteroatoms. The Hall–Kier alpha value is -3.61. The Morgan fingerprint density at radius 1 is 0.974 bits per heavy atom. The zero-order valence-electron chi connectivity index (χ0n) is 22.3. The number of benzene rings is 3. The normalized spacial score (nSPS) is 25.1. The van der Waals surface area contributed by atoms with Gasteiger partial charge in [-0.15, -0.1) is 0 Å². The summed E-state index contributed by atoms with van der Waals surface area (Å²) in [6.07, 6.45) is 1.84.